The van der Waals surface area contributed by atoms with Crippen molar-refractivity contribution < 1.29 is 37.3 Å². The number of fused-ring (bicyclic) bond motifs is 2. The molecular weight excluding hydrogens is 637 g/mol. The monoisotopic (exact) mass is 672 g/mol. The summed E-state index contributed by atoms with van der Waals surface area (Å²) in [6, 6.07) is 26.3. The molecule has 0 unspecified atom stereocenters. The number of nitrogens with zero attached hydrogens (tertiary/aromatic N) is 2. The number of carboxylic acids is 1. The van der Waals surface area contributed by atoms with E-state index in [0.29, 0.717) is 16.6 Å². The Balaban J connectivity index is 0.000000232. The van der Waals surface area contributed by atoms with Gasteiger partial charge in [0.05, 0.1) is 30.9 Å². The summed E-state index contributed by atoms with van der Waals surface area (Å²) >= 11 is 0. The Labute approximate surface area is 281 Å². The third kappa shape index (κ3) is 8.46. The molecule has 1 aliphatic rings. The maximum absolute atomic E-state index is 12.6. The van der Waals surface area contributed by atoms with E-state index in [1.807, 2.05) is 18.2 Å². The van der Waals surface area contributed by atoms with Gasteiger partial charge in [0.2, 0.25) is 0 Å². The van der Waals surface area contributed by atoms with Crippen LogP contribution in [0.4, 0.5) is 24.5 Å². The molecule has 4 aromatic carbocycles. The van der Waals surface area contributed by atoms with Crippen LogP contribution in [0.5, 0.6) is 11.5 Å². The number of hydrogen-bond acceptors (Lipinski definition) is 7. The zero-order chi connectivity index (χ0) is 35.1. The van der Waals surface area contributed by atoms with Crippen LogP contribution in [0, 0.1) is 0 Å². The van der Waals surface area contributed by atoms with E-state index in [-0.39, 0.29) is 11.4 Å². The van der Waals surface area contributed by atoms with Crippen LogP contribution in [0.15, 0.2) is 91.0 Å². The summed E-state index contributed by atoms with van der Waals surface area (Å²) in [7, 11) is 3.35. The standard InChI is InChI=1S/C26H29N3O3.C11H6F3NO2/c1-31-24-15-19-12-14-29(17-20(19)16-25(24)32-2)13-11-18-7-9-21(10-8-18)28-26(30)22-5-3-4-6-23(22)27;12-11(13,14)9-7(10(16)17)5-6-3-1-2-4-8(6)15-9/h3-10,15-16H,11-14,17,27H2,1-2H3,(H,28,30);1-5H,(H,16,17). The number of anilines is 2. The van der Waals surface area contributed by atoms with E-state index in [0.717, 1.165) is 55.7 Å². The van der Waals surface area contributed by atoms with Crippen LogP contribution in [-0.4, -0.2) is 54.2 Å². The first kappa shape index (κ1) is 34.7. The van der Waals surface area contributed by atoms with Crippen LogP contribution in [0.25, 0.3) is 10.9 Å². The molecule has 1 aromatic heterocycles. The second-order valence-electron chi connectivity index (χ2n) is 11.4. The average Bonchev–Trinajstić information content (AvgIpc) is 3.10. The molecule has 2 heterocycles. The van der Waals surface area contributed by atoms with Crippen molar-refractivity contribution in [1.82, 2.24) is 9.88 Å². The molecule has 0 spiro atoms. The molecule has 0 atom stereocenters. The van der Waals surface area contributed by atoms with Crippen molar-refractivity contribution >= 4 is 34.2 Å². The van der Waals surface area contributed by atoms with Gasteiger partial charge in [-0.1, -0.05) is 42.5 Å². The number of methoxy groups -OCH3 is 2. The number of amides is 1. The number of carbonyl (C=O) groups is 2. The summed E-state index contributed by atoms with van der Waals surface area (Å²) in [6.07, 6.45) is -2.83. The number of pyridine rings is 1. The Morgan fingerprint density at radius 2 is 1.55 bits per heavy atom. The molecule has 0 radical (unpaired) electrons. The van der Waals surface area contributed by atoms with Gasteiger partial charge in [0.1, 0.15) is 0 Å². The minimum atomic E-state index is -4.78. The molecule has 1 amide bonds. The average molecular weight is 673 g/mol. The van der Waals surface area contributed by atoms with Crippen molar-refractivity contribution in [2.24, 2.45) is 0 Å². The van der Waals surface area contributed by atoms with Gasteiger partial charge in [-0.25, -0.2) is 9.78 Å². The van der Waals surface area contributed by atoms with E-state index in [4.69, 9.17) is 20.3 Å². The van der Waals surface area contributed by atoms with Crippen LogP contribution >= 0.6 is 0 Å². The molecule has 0 bridgehead atoms. The predicted molar refractivity (Wildman–Crippen MR) is 181 cm³/mol. The van der Waals surface area contributed by atoms with Crippen LogP contribution in [0.3, 0.4) is 0 Å². The van der Waals surface area contributed by atoms with E-state index in [2.05, 4.69) is 39.5 Å². The number of aromatic nitrogens is 1. The first-order valence-corrected chi connectivity index (χ1v) is 15.4. The number of halogens is 3. The Bertz CT molecular complexity index is 1970. The largest absolute Gasteiger partial charge is 0.493 e. The third-order valence-corrected chi connectivity index (χ3v) is 8.15. The van der Waals surface area contributed by atoms with Gasteiger partial charge in [-0.05, 0) is 78.1 Å². The number of carboxylic acid groups (broad SMARTS) is 1. The highest BCUT2D eigenvalue weighted by Crippen LogP contribution is 2.34. The van der Waals surface area contributed by atoms with Crippen LogP contribution in [-0.2, 0) is 25.6 Å². The van der Waals surface area contributed by atoms with Gasteiger partial charge in [0.15, 0.2) is 17.2 Å². The molecule has 49 heavy (non-hydrogen) atoms. The Hall–Kier alpha value is -5.62. The number of para-hydroxylation sites is 2. The number of carbonyl (C=O) groups excluding carboxylic acids is 1. The van der Waals surface area contributed by atoms with E-state index >= 15 is 0 Å². The van der Waals surface area contributed by atoms with Crippen molar-refractivity contribution in [2.75, 3.05) is 38.4 Å². The Morgan fingerprint density at radius 1 is 0.898 bits per heavy atom. The molecule has 1 aliphatic heterocycles. The lowest BCUT2D eigenvalue weighted by atomic mass is 9.98. The van der Waals surface area contributed by atoms with Gasteiger partial charge < -0.3 is 25.6 Å². The van der Waals surface area contributed by atoms with E-state index in [1.54, 1.807) is 38.5 Å². The fourth-order valence-electron chi connectivity index (χ4n) is 5.57. The Kier molecular flexibility index (Phi) is 10.7. The molecule has 12 heteroatoms. The lowest BCUT2D eigenvalue weighted by molar-refractivity contribution is -0.141. The first-order chi connectivity index (χ1) is 23.5. The molecule has 6 rings (SSSR count). The smallest absolute Gasteiger partial charge is 0.434 e. The number of nitrogen functional groups attached to an aromatic ring is 1. The van der Waals surface area contributed by atoms with Crippen LogP contribution < -0.4 is 20.5 Å². The minimum absolute atomic E-state index is 0.116. The lowest BCUT2D eigenvalue weighted by Gasteiger charge is -2.29. The molecule has 0 aliphatic carbocycles. The number of rotatable bonds is 8. The number of aromatic carboxylic acids is 1. The normalized spacial score (nSPS) is 12.8. The topological polar surface area (TPSA) is 127 Å². The van der Waals surface area contributed by atoms with Crippen LogP contribution in [0.2, 0.25) is 0 Å². The van der Waals surface area contributed by atoms with Gasteiger partial charge in [-0.2, -0.15) is 13.2 Å². The van der Waals surface area contributed by atoms with Gasteiger partial charge in [0.25, 0.3) is 5.91 Å². The molecule has 9 nitrogen and oxygen atoms in total. The molecule has 0 saturated carbocycles. The quantitative estimate of drug-likeness (QED) is 0.149. The summed E-state index contributed by atoms with van der Waals surface area (Å²) in [6.45, 7) is 2.90. The summed E-state index contributed by atoms with van der Waals surface area (Å²) in [4.78, 5) is 29.0. The Morgan fingerprint density at radius 3 is 2.20 bits per heavy atom. The molecule has 0 fully saturated rings. The highest BCUT2D eigenvalue weighted by atomic mass is 19.4. The molecular formula is C37H35F3N4O5. The summed E-state index contributed by atoms with van der Waals surface area (Å²) in [5.41, 5.74) is 9.38. The number of nitrogens with two attached hydrogens (primary N) is 1. The minimum Gasteiger partial charge on any atom is -0.493 e. The van der Waals surface area contributed by atoms with Crippen molar-refractivity contribution in [1.29, 1.82) is 0 Å². The lowest BCUT2D eigenvalue weighted by Crippen LogP contribution is -2.32. The van der Waals surface area contributed by atoms with Crippen molar-refractivity contribution in [2.45, 2.75) is 25.6 Å². The number of alkyl halides is 3. The van der Waals surface area contributed by atoms with E-state index in [9.17, 15) is 22.8 Å². The fourth-order valence-corrected chi connectivity index (χ4v) is 5.57. The second-order valence-corrected chi connectivity index (χ2v) is 11.4. The zero-order valence-electron chi connectivity index (χ0n) is 26.9. The SMILES string of the molecule is COc1cc2c(cc1OC)CN(CCc1ccc(NC(=O)c3ccccc3N)cc1)CC2.O=C(O)c1cc2ccccc2nc1C(F)(F)F. The number of nitrogens with one attached hydrogen (secondary N) is 1. The van der Waals surface area contributed by atoms with E-state index < -0.39 is 23.4 Å². The van der Waals surface area contributed by atoms with Crippen molar-refractivity contribution in [3.63, 3.8) is 0 Å². The number of benzene rings is 4. The predicted octanol–water partition coefficient (Wildman–Crippen LogP) is 7.09. The fraction of sp³-hybridized carbons (Fsp3) is 0.216. The highest BCUT2D eigenvalue weighted by molar-refractivity contribution is 6.07. The maximum atomic E-state index is 12.6. The summed E-state index contributed by atoms with van der Waals surface area (Å²) in [5.74, 6) is -0.268. The summed E-state index contributed by atoms with van der Waals surface area (Å²) in [5, 5.41) is 12.0. The molecule has 4 N–H and O–H groups in total. The van der Waals surface area contributed by atoms with Crippen molar-refractivity contribution in [3.8, 4) is 11.5 Å². The van der Waals surface area contributed by atoms with Gasteiger partial charge in [0, 0.05) is 36.4 Å². The number of hydrogen-bond donors (Lipinski definition) is 3. The molecule has 254 valence electrons. The summed E-state index contributed by atoms with van der Waals surface area (Å²) < 4.78 is 48.7. The van der Waals surface area contributed by atoms with Gasteiger partial charge >= 0.3 is 12.1 Å². The second kappa shape index (κ2) is 15.1. The first-order valence-electron chi connectivity index (χ1n) is 15.4. The third-order valence-electron chi connectivity index (χ3n) is 8.15. The maximum Gasteiger partial charge on any atom is 0.434 e. The zero-order valence-corrected chi connectivity index (χ0v) is 26.9. The van der Waals surface area contributed by atoms with Gasteiger partial charge in [-0.3, -0.25) is 9.69 Å². The molecule has 0 saturated heterocycles. The van der Waals surface area contributed by atoms with E-state index in [1.165, 1.54) is 34.9 Å². The number of ether oxygens (including phenoxy) is 2. The molecule has 5 aromatic rings. The van der Waals surface area contributed by atoms with Crippen molar-refractivity contribution in [3.05, 3.63) is 125 Å². The van der Waals surface area contributed by atoms with Gasteiger partial charge in [-0.15, -0.1) is 0 Å². The highest BCUT2D eigenvalue weighted by Gasteiger charge is 2.37. The van der Waals surface area contributed by atoms with Crippen LogP contribution in [0.1, 0.15) is 43.1 Å².